The van der Waals surface area contributed by atoms with E-state index in [4.69, 9.17) is 5.73 Å². The maximum Gasteiger partial charge on any atom is 0.276 e. The van der Waals surface area contributed by atoms with Crippen molar-refractivity contribution >= 4 is 22.6 Å². The zero-order valence-corrected chi connectivity index (χ0v) is 18.1. The molecule has 4 heterocycles. The van der Waals surface area contributed by atoms with Crippen LogP contribution in [0.15, 0.2) is 61.2 Å². The number of nitrogens with two attached hydrogens (primary N) is 1. The number of carbonyl (C=O) groups excluding carboxylic acids is 1. The van der Waals surface area contributed by atoms with Crippen molar-refractivity contribution in [2.75, 3.05) is 18.1 Å². The first-order valence-electron chi connectivity index (χ1n) is 10.9. The summed E-state index contributed by atoms with van der Waals surface area (Å²) < 4.78 is 1.80. The number of nitrogens with zero attached hydrogens (tertiary/aromatic N) is 5. The molecule has 5 rings (SSSR count). The minimum Gasteiger partial charge on any atom is -0.344 e. The van der Waals surface area contributed by atoms with Crippen LogP contribution in [0.4, 0.5) is 5.69 Å². The van der Waals surface area contributed by atoms with E-state index in [-0.39, 0.29) is 11.9 Å². The first kappa shape index (κ1) is 20.4. The van der Waals surface area contributed by atoms with Gasteiger partial charge in [-0.3, -0.25) is 9.48 Å². The third-order valence-electron chi connectivity index (χ3n) is 5.85. The summed E-state index contributed by atoms with van der Waals surface area (Å²) in [5, 5.41) is 9.15. The molecule has 4 aromatic rings. The van der Waals surface area contributed by atoms with E-state index in [2.05, 4.69) is 26.1 Å². The van der Waals surface area contributed by atoms with E-state index in [1.54, 1.807) is 15.9 Å². The molecule has 0 bridgehead atoms. The van der Waals surface area contributed by atoms with Crippen LogP contribution in [0.1, 0.15) is 34.3 Å². The number of amides is 1. The number of fused-ring (bicyclic) bond motifs is 1. The molecule has 0 aliphatic carbocycles. The second-order valence-corrected chi connectivity index (χ2v) is 8.43. The van der Waals surface area contributed by atoms with Crippen LogP contribution in [-0.4, -0.2) is 49.8 Å². The number of aromatic nitrogens is 4. The Bertz CT molecular complexity index is 1230. The van der Waals surface area contributed by atoms with Gasteiger partial charge in [0.15, 0.2) is 0 Å². The normalized spacial score (nSPS) is 17.0. The van der Waals surface area contributed by atoms with Gasteiger partial charge in [0.05, 0.1) is 24.0 Å². The lowest BCUT2D eigenvalue weighted by molar-refractivity contribution is 0.0863. The van der Waals surface area contributed by atoms with Gasteiger partial charge in [0.1, 0.15) is 5.65 Å². The van der Waals surface area contributed by atoms with Gasteiger partial charge in [0, 0.05) is 43.1 Å². The van der Waals surface area contributed by atoms with Crippen LogP contribution in [0, 0.1) is 6.92 Å². The van der Waals surface area contributed by atoms with Crippen molar-refractivity contribution in [3.05, 3.63) is 77.9 Å². The summed E-state index contributed by atoms with van der Waals surface area (Å²) in [5.41, 5.74) is 10.5. The maximum absolute atomic E-state index is 13.8. The van der Waals surface area contributed by atoms with Gasteiger partial charge in [-0.1, -0.05) is 30.3 Å². The van der Waals surface area contributed by atoms with Crippen molar-refractivity contribution in [3.8, 4) is 0 Å². The summed E-state index contributed by atoms with van der Waals surface area (Å²) in [6, 6.07) is 12.2. The number of aryl methyl sites for hydroxylation is 1. The molecule has 8 nitrogen and oxygen atoms in total. The SMILES string of the molecule is Cc1cnc2[nH]cc(N(C(=O)c3cnn(Cc4ccccc4)c3)N3CCC[C@@H](N)C3)c2c1. The highest BCUT2D eigenvalue weighted by molar-refractivity contribution is 6.09. The number of nitrogens with one attached hydrogen (secondary N) is 1. The monoisotopic (exact) mass is 429 g/mol. The fourth-order valence-corrected chi connectivity index (χ4v) is 4.28. The van der Waals surface area contributed by atoms with Crippen LogP contribution >= 0.6 is 0 Å². The number of hydrogen-bond acceptors (Lipinski definition) is 5. The average molecular weight is 430 g/mol. The quantitative estimate of drug-likeness (QED) is 0.508. The van der Waals surface area contributed by atoms with E-state index >= 15 is 0 Å². The molecule has 0 radical (unpaired) electrons. The van der Waals surface area contributed by atoms with Crippen LogP contribution in [0.25, 0.3) is 11.0 Å². The van der Waals surface area contributed by atoms with Gasteiger partial charge in [0.2, 0.25) is 0 Å². The van der Waals surface area contributed by atoms with Gasteiger partial charge in [-0.2, -0.15) is 5.10 Å². The molecule has 3 N–H and O–H groups in total. The summed E-state index contributed by atoms with van der Waals surface area (Å²) >= 11 is 0. The average Bonchev–Trinajstić information content (AvgIpc) is 3.42. The summed E-state index contributed by atoms with van der Waals surface area (Å²) in [7, 11) is 0. The Morgan fingerprint density at radius 1 is 1.28 bits per heavy atom. The highest BCUT2D eigenvalue weighted by atomic mass is 16.2. The van der Waals surface area contributed by atoms with Crippen LogP contribution in [-0.2, 0) is 6.54 Å². The van der Waals surface area contributed by atoms with Gasteiger partial charge < -0.3 is 10.7 Å². The predicted octanol–water partition coefficient (Wildman–Crippen LogP) is 3.10. The Kier molecular flexibility index (Phi) is 5.46. The first-order valence-corrected chi connectivity index (χ1v) is 10.9. The molecule has 1 aliphatic rings. The number of aromatic amines is 1. The Hall–Kier alpha value is -3.49. The number of hydrogen-bond donors (Lipinski definition) is 2. The van der Waals surface area contributed by atoms with E-state index in [1.807, 2.05) is 55.8 Å². The van der Waals surface area contributed by atoms with Crippen molar-refractivity contribution in [2.24, 2.45) is 5.73 Å². The molecule has 3 aromatic heterocycles. The fraction of sp³-hybridized carbons (Fsp3) is 0.292. The van der Waals surface area contributed by atoms with E-state index < -0.39 is 0 Å². The Balaban J connectivity index is 1.50. The molecule has 1 amide bonds. The number of pyridine rings is 1. The molecule has 1 saturated heterocycles. The zero-order chi connectivity index (χ0) is 22.1. The third-order valence-corrected chi connectivity index (χ3v) is 5.85. The van der Waals surface area contributed by atoms with Gasteiger partial charge in [-0.25, -0.2) is 15.0 Å². The number of benzene rings is 1. The second kappa shape index (κ2) is 8.57. The molecular formula is C24H27N7O. The van der Waals surface area contributed by atoms with Crippen LogP contribution in [0.3, 0.4) is 0 Å². The largest absolute Gasteiger partial charge is 0.344 e. The lowest BCUT2D eigenvalue weighted by Crippen LogP contribution is -2.54. The smallest absolute Gasteiger partial charge is 0.276 e. The fourth-order valence-electron chi connectivity index (χ4n) is 4.28. The Morgan fingerprint density at radius 2 is 2.12 bits per heavy atom. The molecule has 0 unspecified atom stereocenters. The number of H-pyrrole nitrogens is 1. The Morgan fingerprint density at radius 3 is 2.94 bits per heavy atom. The van der Waals surface area contributed by atoms with Gasteiger partial charge in [-0.05, 0) is 37.0 Å². The van der Waals surface area contributed by atoms with E-state index in [9.17, 15) is 4.79 Å². The number of rotatable bonds is 5. The minimum atomic E-state index is -0.124. The summed E-state index contributed by atoms with van der Waals surface area (Å²) in [4.78, 5) is 21.5. The van der Waals surface area contributed by atoms with Crippen molar-refractivity contribution in [3.63, 3.8) is 0 Å². The van der Waals surface area contributed by atoms with Gasteiger partial charge in [-0.15, -0.1) is 0 Å². The number of anilines is 1. The summed E-state index contributed by atoms with van der Waals surface area (Å²) in [6.45, 7) is 4.00. The lowest BCUT2D eigenvalue weighted by Gasteiger charge is -2.38. The molecule has 1 aromatic carbocycles. The third kappa shape index (κ3) is 4.02. The molecule has 0 spiro atoms. The van der Waals surface area contributed by atoms with Crippen LogP contribution < -0.4 is 10.7 Å². The highest BCUT2D eigenvalue weighted by Gasteiger charge is 2.31. The molecule has 1 fully saturated rings. The molecular weight excluding hydrogens is 402 g/mol. The van der Waals surface area contributed by atoms with Crippen molar-refractivity contribution < 1.29 is 4.79 Å². The predicted molar refractivity (Wildman–Crippen MR) is 124 cm³/mol. The highest BCUT2D eigenvalue weighted by Crippen LogP contribution is 2.30. The van der Waals surface area contributed by atoms with Crippen molar-refractivity contribution in [2.45, 2.75) is 32.4 Å². The molecule has 0 saturated carbocycles. The van der Waals surface area contributed by atoms with Gasteiger partial charge in [0.25, 0.3) is 5.91 Å². The van der Waals surface area contributed by atoms with Crippen LogP contribution in [0.2, 0.25) is 0 Å². The van der Waals surface area contributed by atoms with Crippen molar-refractivity contribution in [1.82, 2.24) is 24.8 Å². The molecule has 164 valence electrons. The van der Waals surface area contributed by atoms with E-state index in [0.29, 0.717) is 18.7 Å². The summed E-state index contributed by atoms with van der Waals surface area (Å²) in [5.74, 6) is -0.124. The second-order valence-electron chi connectivity index (χ2n) is 8.43. The summed E-state index contributed by atoms with van der Waals surface area (Å²) in [6.07, 6.45) is 9.02. The van der Waals surface area contributed by atoms with Crippen molar-refractivity contribution in [1.29, 1.82) is 0 Å². The zero-order valence-electron chi connectivity index (χ0n) is 18.1. The molecule has 8 heteroatoms. The molecule has 1 aliphatic heterocycles. The first-order chi connectivity index (χ1) is 15.6. The number of piperidine rings is 1. The minimum absolute atomic E-state index is 0.0323. The standard InChI is InChI=1S/C24H27N7O/c1-17-10-21-22(13-27-23(21)26-11-17)31(30-9-5-8-20(25)16-30)24(32)19-12-28-29(15-19)14-18-6-3-2-4-7-18/h2-4,6-7,10-13,15,20H,5,8-9,14,16,25H2,1H3,(H,26,27)/t20-/m1/s1. The lowest BCUT2D eigenvalue weighted by atomic mass is 10.1. The van der Waals surface area contributed by atoms with E-state index in [1.165, 1.54) is 0 Å². The maximum atomic E-state index is 13.8. The van der Waals surface area contributed by atoms with Crippen LogP contribution in [0.5, 0.6) is 0 Å². The number of hydrazine groups is 1. The topological polar surface area (TPSA) is 96.1 Å². The Labute approximate surface area is 186 Å². The number of carbonyl (C=O) groups is 1. The van der Waals surface area contributed by atoms with E-state index in [0.717, 1.165) is 47.2 Å². The molecule has 32 heavy (non-hydrogen) atoms. The molecule has 1 atom stereocenters. The van der Waals surface area contributed by atoms with Gasteiger partial charge >= 0.3 is 0 Å².